The Hall–Kier alpha value is -4.45. The molecule has 0 bridgehead atoms. The first kappa shape index (κ1) is 19.5. The van der Waals surface area contributed by atoms with Crippen LogP contribution in [0, 0.1) is 0 Å². The van der Waals surface area contributed by atoms with Crippen LogP contribution in [0.3, 0.4) is 0 Å². The average Bonchev–Trinajstić information content (AvgIpc) is 3.29. The largest absolute Gasteiger partial charge is 0.422 e. The van der Waals surface area contributed by atoms with Crippen molar-refractivity contribution in [2.24, 2.45) is 0 Å². The minimum absolute atomic E-state index is 0.239. The SMILES string of the molecule is O=C(NCc1ccccc1)c1cn(-c2ccccc2)nc1-c1cc2ccccc2oc1=O. The van der Waals surface area contributed by atoms with Gasteiger partial charge in [-0.3, -0.25) is 4.79 Å². The van der Waals surface area contributed by atoms with Crippen molar-refractivity contribution in [3.63, 3.8) is 0 Å². The average molecular weight is 421 g/mol. The molecule has 0 fully saturated rings. The quantitative estimate of drug-likeness (QED) is 0.422. The summed E-state index contributed by atoms with van der Waals surface area (Å²) in [6.07, 6.45) is 1.64. The lowest BCUT2D eigenvalue weighted by molar-refractivity contribution is 0.0951. The van der Waals surface area contributed by atoms with Gasteiger partial charge < -0.3 is 9.73 Å². The van der Waals surface area contributed by atoms with E-state index < -0.39 is 5.63 Å². The van der Waals surface area contributed by atoms with Crippen molar-refractivity contribution in [1.82, 2.24) is 15.1 Å². The zero-order valence-corrected chi connectivity index (χ0v) is 17.1. The van der Waals surface area contributed by atoms with Gasteiger partial charge in [-0.2, -0.15) is 5.10 Å². The fourth-order valence-electron chi connectivity index (χ4n) is 3.55. The smallest absolute Gasteiger partial charge is 0.345 e. The number of fused-ring (bicyclic) bond motifs is 1. The number of benzene rings is 3. The number of rotatable bonds is 5. The van der Waals surface area contributed by atoms with Gasteiger partial charge in [-0.1, -0.05) is 66.7 Å². The van der Waals surface area contributed by atoms with Crippen LogP contribution in [0.25, 0.3) is 27.9 Å². The van der Waals surface area contributed by atoms with Crippen molar-refractivity contribution >= 4 is 16.9 Å². The highest BCUT2D eigenvalue weighted by Gasteiger charge is 2.22. The molecule has 2 aromatic heterocycles. The van der Waals surface area contributed by atoms with E-state index in [2.05, 4.69) is 10.4 Å². The molecule has 0 saturated heterocycles. The van der Waals surface area contributed by atoms with Crippen LogP contribution in [0.5, 0.6) is 0 Å². The Kier molecular flexibility index (Phi) is 5.09. The van der Waals surface area contributed by atoms with Crippen molar-refractivity contribution in [2.75, 3.05) is 0 Å². The zero-order valence-electron chi connectivity index (χ0n) is 17.1. The molecule has 156 valence electrons. The number of carbonyl (C=O) groups excluding carboxylic acids is 1. The predicted molar refractivity (Wildman–Crippen MR) is 123 cm³/mol. The van der Waals surface area contributed by atoms with Crippen molar-refractivity contribution in [1.29, 1.82) is 0 Å². The van der Waals surface area contributed by atoms with Crippen LogP contribution in [0.2, 0.25) is 0 Å². The summed E-state index contributed by atoms with van der Waals surface area (Å²) in [7, 11) is 0. The Morgan fingerprint density at radius 1 is 0.906 bits per heavy atom. The zero-order chi connectivity index (χ0) is 21.9. The van der Waals surface area contributed by atoms with Crippen LogP contribution in [-0.2, 0) is 6.54 Å². The van der Waals surface area contributed by atoms with Gasteiger partial charge in [-0.25, -0.2) is 9.48 Å². The fourth-order valence-corrected chi connectivity index (χ4v) is 3.55. The summed E-state index contributed by atoms with van der Waals surface area (Å²) >= 11 is 0. The number of hydrogen-bond acceptors (Lipinski definition) is 4. The maximum absolute atomic E-state index is 13.1. The van der Waals surface area contributed by atoms with Crippen molar-refractivity contribution in [3.8, 4) is 16.9 Å². The maximum atomic E-state index is 13.1. The Morgan fingerprint density at radius 3 is 2.38 bits per heavy atom. The lowest BCUT2D eigenvalue weighted by Crippen LogP contribution is -2.23. The van der Waals surface area contributed by atoms with E-state index in [1.54, 1.807) is 29.1 Å². The van der Waals surface area contributed by atoms with E-state index in [9.17, 15) is 9.59 Å². The Labute approximate surface area is 183 Å². The molecule has 5 rings (SSSR count). The van der Waals surface area contributed by atoms with E-state index in [1.165, 1.54) is 0 Å². The third-order valence-electron chi connectivity index (χ3n) is 5.17. The predicted octanol–water partition coefficient (Wildman–Crippen LogP) is 4.58. The van der Waals surface area contributed by atoms with Gasteiger partial charge in [-0.05, 0) is 29.8 Å². The minimum atomic E-state index is -0.542. The molecule has 0 aliphatic rings. The van der Waals surface area contributed by atoms with E-state index >= 15 is 0 Å². The molecule has 6 heteroatoms. The van der Waals surface area contributed by atoms with Crippen LogP contribution in [0.15, 0.2) is 106 Å². The number of aromatic nitrogens is 2. The second-order valence-corrected chi connectivity index (χ2v) is 7.33. The molecule has 0 unspecified atom stereocenters. The molecule has 0 aliphatic carbocycles. The van der Waals surface area contributed by atoms with Crippen LogP contribution < -0.4 is 10.9 Å². The second-order valence-electron chi connectivity index (χ2n) is 7.33. The Bertz CT molecular complexity index is 1450. The van der Waals surface area contributed by atoms with Crippen LogP contribution in [0.4, 0.5) is 0 Å². The first-order valence-corrected chi connectivity index (χ1v) is 10.2. The Balaban J connectivity index is 1.59. The maximum Gasteiger partial charge on any atom is 0.345 e. The summed E-state index contributed by atoms with van der Waals surface area (Å²) in [5.74, 6) is -0.321. The first-order valence-electron chi connectivity index (χ1n) is 10.2. The third kappa shape index (κ3) is 3.81. The highest BCUT2D eigenvalue weighted by molar-refractivity contribution is 6.00. The van der Waals surface area contributed by atoms with E-state index in [-0.39, 0.29) is 17.2 Å². The molecule has 1 amide bonds. The van der Waals surface area contributed by atoms with Gasteiger partial charge >= 0.3 is 5.63 Å². The van der Waals surface area contributed by atoms with Crippen LogP contribution in [-0.4, -0.2) is 15.7 Å². The third-order valence-corrected chi connectivity index (χ3v) is 5.17. The molecule has 0 aliphatic heterocycles. The molecular weight excluding hydrogens is 402 g/mol. The first-order chi connectivity index (χ1) is 15.7. The molecule has 0 radical (unpaired) electrons. The molecule has 32 heavy (non-hydrogen) atoms. The summed E-state index contributed by atoms with van der Waals surface area (Å²) < 4.78 is 7.09. The molecule has 2 heterocycles. The summed E-state index contributed by atoms with van der Waals surface area (Å²) in [6.45, 7) is 0.363. The van der Waals surface area contributed by atoms with Gasteiger partial charge in [0.1, 0.15) is 11.3 Å². The second kappa shape index (κ2) is 8.35. The van der Waals surface area contributed by atoms with E-state index in [4.69, 9.17) is 4.42 Å². The number of hydrogen-bond donors (Lipinski definition) is 1. The number of nitrogens with one attached hydrogen (secondary N) is 1. The fraction of sp³-hybridized carbons (Fsp3) is 0.0385. The molecule has 0 atom stereocenters. The number of carbonyl (C=O) groups is 1. The van der Waals surface area contributed by atoms with Gasteiger partial charge in [0.25, 0.3) is 5.91 Å². The van der Waals surface area contributed by atoms with Gasteiger partial charge in [0, 0.05) is 18.1 Å². The number of amides is 1. The highest BCUT2D eigenvalue weighted by atomic mass is 16.4. The minimum Gasteiger partial charge on any atom is -0.422 e. The van der Waals surface area contributed by atoms with Crippen molar-refractivity contribution in [2.45, 2.75) is 6.54 Å². The summed E-state index contributed by atoms with van der Waals surface area (Å²) in [4.78, 5) is 25.9. The van der Waals surface area contributed by atoms with Gasteiger partial charge in [0.05, 0.1) is 16.8 Å². The van der Waals surface area contributed by atoms with Crippen LogP contribution >= 0.6 is 0 Å². The molecule has 6 nitrogen and oxygen atoms in total. The van der Waals surface area contributed by atoms with Crippen LogP contribution in [0.1, 0.15) is 15.9 Å². The standard InChI is InChI=1S/C26H19N3O3/c30-25(27-16-18-9-3-1-4-10-18)22-17-29(20-12-5-2-6-13-20)28-24(22)21-15-19-11-7-8-14-23(19)32-26(21)31/h1-15,17H,16H2,(H,27,30). The summed E-state index contributed by atoms with van der Waals surface area (Å²) in [5.41, 5.74) is 2.51. The molecule has 5 aromatic rings. The molecule has 3 aromatic carbocycles. The normalized spacial score (nSPS) is 10.9. The van der Waals surface area contributed by atoms with Gasteiger partial charge in [0.15, 0.2) is 0 Å². The van der Waals surface area contributed by atoms with Gasteiger partial charge in [-0.15, -0.1) is 0 Å². The summed E-state index contributed by atoms with van der Waals surface area (Å²) in [5, 5.41) is 8.27. The van der Waals surface area contributed by atoms with Crippen molar-refractivity contribution in [3.05, 3.63) is 119 Å². The highest BCUT2D eigenvalue weighted by Crippen LogP contribution is 2.24. The Morgan fingerprint density at radius 2 is 1.59 bits per heavy atom. The molecular formula is C26H19N3O3. The monoisotopic (exact) mass is 421 g/mol. The van der Waals surface area contributed by atoms with E-state index in [0.29, 0.717) is 17.7 Å². The van der Waals surface area contributed by atoms with E-state index in [1.807, 2.05) is 72.8 Å². The van der Waals surface area contributed by atoms with Gasteiger partial charge in [0.2, 0.25) is 0 Å². The number of nitrogens with zero attached hydrogens (tertiary/aromatic N) is 2. The van der Waals surface area contributed by atoms with E-state index in [0.717, 1.165) is 16.6 Å². The lowest BCUT2D eigenvalue weighted by atomic mass is 10.1. The summed E-state index contributed by atoms with van der Waals surface area (Å²) in [6, 6.07) is 28.0. The number of para-hydroxylation sites is 2. The molecule has 1 N–H and O–H groups in total. The lowest BCUT2D eigenvalue weighted by Gasteiger charge is -2.06. The topological polar surface area (TPSA) is 77.1 Å². The van der Waals surface area contributed by atoms with Crippen molar-refractivity contribution < 1.29 is 9.21 Å². The molecule has 0 spiro atoms. The molecule has 0 saturated carbocycles.